The molecule has 0 bridgehead atoms. The Morgan fingerprint density at radius 2 is 1.84 bits per heavy atom. The molecule has 1 aliphatic rings. The summed E-state index contributed by atoms with van der Waals surface area (Å²) in [5.74, 6) is -3.38. The highest BCUT2D eigenvalue weighted by Gasteiger charge is 2.36. The van der Waals surface area contributed by atoms with Gasteiger partial charge in [-0.25, -0.2) is 0 Å². The molecule has 3 rings (SSSR count). The van der Waals surface area contributed by atoms with Crippen LogP contribution in [0.5, 0.6) is 0 Å². The smallest absolute Gasteiger partial charge is 0.290 e. The average Bonchev–Trinajstić information content (AvgIpc) is 3.27. The molecular formula is C29H39N3O5S. The molecule has 0 saturated carbocycles. The van der Waals surface area contributed by atoms with Gasteiger partial charge >= 0.3 is 0 Å². The van der Waals surface area contributed by atoms with Gasteiger partial charge in [-0.05, 0) is 69.9 Å². The summed E-state index contributed by atoms with van der Waals surface area (Å²) in [5, 5.41) is 9.19. The van der Waals surface area contributed by atoms with Gasteiger partial charge in [0.2, 0.25) is 17.6 Å². The molecule has 1 aromatic heterocycles. The fraction of sp³-hybridized carbons (Fsp3) is 0.552. The van der Waals surface area contributed by atoms with Crippen LogP contribution in [0, 0.1) is 17.8 Å². The Hall–Kier alpha value is -3.07. The molecule has 3 N–H and O–H groups in total. The van der Waals surface area contributed by atoms with Crippen molar-refractivity contribution in [2.45, 2.75) is 78.3 Å². The molecule has 0 spiro atoms. The number of fused-ring (bicyclic) bond motifs is 1. The van der Waals surface area contributed by atoms with Gasteiger partial charge < -0.3 is 16.0 Å². The van der Waals surface area contributed by atoms with Crippen LogP contribution < -0.4 is 16.0 Å². The normalized spacial score (nSPS) is 17.5. The largest absolute Gasteiger partial charge is 0.356 e. The zero-order chi connectivity index (χ0) is 28.0. The summed E-state index contributed by atoms with van der Waals surface area (Å²) in [6.07, 6.45) is 1.81. The van der Waals surface area contributed by atoms with Gasteiger partial charge in [-0.2, -0.15) is 0 Å². The second kappa shape index (κ2) is 12.7. The molecule has 1 aromatic carbocycles. The fourth-order valence-electron chi connectivity index (χ4n) is 4.72. The maximum Gasteiger partial charge on any atom is 0.290 e. The van der Waals surface area contributed by atoms with Crippen molar-refractivity contribution in [3.8, 4) is 0 Å². The maximum absolute atomic E-state index is 13.5. The first-order chi connectivity index (χ1) is 17.8. The van der Waals surface area contributed by atoms with E-state index in [2.05, 4.69) is 16.0 Å². The molecule has 9 heteroatoms. The van der Waals surface area contributed by atoms with Crippen molar-refractivity contribution in [1.29, 1.82) is 0 Å². The molecule has 0 aliphatic carbocycles. The lowest BCUT2D eigenvalue weighted by atomic mass is 9.88. The minimum atomic E-state index is -1.16. The Morgan fingerprint density at radius 3 is 2.47 bits per heavy atom. The van der Waals surface area contributed by atoms with Gasteiger partial charge in [0, 0.05) is 35.0 Å². The molecular weight excluding hydrogens is 502 g/mol. The van der Waals surface area contributed by atoms with Crippen LogP contribution in [0.1, 0.15) is 76.4 Å². The third-order valence-electron chi connectivity index (χ3n) is 6.52. The summed E-state index contributed by atoms with van der Waals surface area (Å²) in [6.45, 7) is 9.79. The summed E-state index contributed by atoms with van der Waals surface area (Å²) in [4.78, 5) is 65.7. The van der Waals surface area contributed by atoms with Crippen molar-refractivity contribution < 1.29 is 24.0 Å². The van der Waals surface area contributed by atoms with E-state index in [4.69, 9.17) is 0 Å². The molecule has 206 valence electrons. The quantitative estimate of drug-likeness (QED) is 0.293. The van der Waals surface area contributed by atoms with Crippen LogP contribution in [0.25, 0.3) is 10.1 Å². The van der Waals surface area contributed by atoms with E-state index >= 15 is 0 Å². The number of thiophene rings is 1. The Bertz CT molecular complexity index is 1160. The molecule has 38 heavy (non-hydrogen) atoms. The number of rotatable bonds is 11. The molecule has 8 nitrogen and oxygen atoms in total. The first-order valence-electron chi connectivity index (χ1n) is 13.3. The van der Waals surface area contributed by atoms with E-state index in [-0.39, 0.29) is 30.4 Å². The van der Waals surface area contributed by atoms with E-state index in [1.54, 1.807) is 20.8 Å². The number of hydrogen-bond acceptors (Lipinski definition) is 6. The van der Waals surface area contributed by atoms with Gasteiger partial charge in [0.05, 0.1) is 10.9 Å². The predicted molar refractivity (Wildman–Crippen MR) is 149 cm³/mol. The lowest BCUT2D eigenvalue weighted by molar-refractivity contribution is -0.142. The molecule has 0 unspecified atom stereocenters. The number of benzene rings is 1. The van der Waals surface area contributed by atoms with E-state index in [0.29, 0.717) is 24.3 Å². The summed E-state index contributed by atoms with van der Waals surface area (Å²) in [6, 6.07) is 8.42. The number of nitrogens with one attached hydrogen (secondary N) is 3. The SMILES string of the molecule is CC(C)C[C@H](CC(=O)c1cc2ccccc2s1)C(=O)N[C@@H](C[C@@H]1CCCNC1=O)C(=O)C(=O)NC(C)(C)C. The van der Waals surface area contributed by atoms with Crippen LogP contribution in [0.4, 0.5) is 0 Å². The summed E-state index contributed by atoms with van der Waals surface area (Å²) >= 11 is 1.40. The number of Topliss-reactive ketones (excluding diaryl/α,β-unsaturated/α-hetero) is 2. The molecule has 2 heterocycles. The number of carbonyl (C=O) groups is 5. The molecule has 3 amide bonds. The van der Waals surface area contributed by atoms with Crippen LogP contribution in [0.3, 0.4) is 0 Å². The molecule has 1 aliphatic heterocycles. The van der Waals surface area contributed by atoms with Crippen LogP contribution in [-0.4, -0.2) is 47.4 Å². The molecule has 1 fully saturated rings. The lowest BCUT2D eigenvalue weighted by Crippen LogP contribution is -2.54. The highest BCUT2D eigenvalue weighted by molar-refractivity contribution is 7.20. The third-order valence-corrected chi connectivity index (χ3v) is 7.68. The van der Waals surface area contributed by atoms with Gasteiger partial charge in [-0.1, -0.05) is 32.0 Å². The summed E-state index contributed by atoms with van der Waals surface area (Å²) in [7, 11) is 0. The molecule has 2 aromatic rings. The van der Waals surface area contributed by atoms with E-state index in [9.17, 15) is 24.0 Å². The number of carbonyl (C=O) groups excluding carboxylic acids is 5. The molecule has 0 radical (unpaired) electrons. The van der Waals surface area contributed by atoms with Gasteiger partial charge in [-0.15, -0.1) is 11.3 Å². The Balaban J connectivity index is 1.79. The van der Waals surface area contributed by atoms with Crippen LogP contribution in [0.2, 0.25) is 0 Å². The van der Waals surface area contributed by atoms with Crippen LogP contribution in [0.15, 0.2) is 30.3 Å². The number of piperidine rings is 1. The Kier molecular flexibility index (Phi) is 9.82. The van der Waals surface area contributed by atoms with Crippen molar-refractivity contribution in [1.82, 2.24) is 16.0 Å². The molecule has 3 atom stereocenters. The van der Waals surface area contributed by atoms with Crippen molar-refractivity contribution in [3.63, 3.8) is 0 Å². The van der Waals surface area contributed by atoms with E-state index in [1.165, 1.54) is 11.3 Å². The minimum absolute atomic E-state index is 0.00412. The minimum Gasteiger partial charge on any atom is -0.356 e. The highest BCUT2D eigenvalue weighted by Crippen LogP contribution is 2.28. The summed E-state index contributed by atoms with van der Waals surface area (Å²) < 4.78 is 1.00. The first kappa shape index (κ1) is 29.5. The first-order valence-corrected chi connectivity index (χ1v) is 14.1. The van der Waals surface area contributed by atoms with E-state index in [0.717, 1.165) is 16.5 Å². The van der Waals surface area contributed by atoms with Gasteiger partial charge in [0.1, 0.15) is 0 Å². The topological polar surface area (TPSA) is 121 Å². The second-order valence-electron chi connectivity index (χ2n) is 11.6. The zero-order valence-corrected chi connectivity index (χ0v) is 23.7. The predicted octanol–water partition coefficient (Wildman–Crippen LogP) is 4.02. The van der Waals surface area contributed by atoms with Crippen molar-refractivity contribution in [2.75, 3.05) is 6.54 Å². The Labute approximate surface area is 228 Å². The maximum atomic E-state index is 13.5. The van der Waals surface area contributed by atoms with Crippen molar-refractivity contribution in [3.05, 3.63) is 35.2 Å². The van der Waals surface area contributed by atoms with Crippen molar-refractivity contribution in [2.24, 2.45) is 17.8 Å². The monoisotopic (exact) mass is 541 g/mol. The van der Waals surface area contributed by atoms with Gasteiger partial charge in [0.25, 0.3) is 5.91 Å². The average molecular weight is 542 g/mol. The lowest BCUT2D eigenvalue weighted by Gasteiger charge is -2.28. The van der Waals surface area contributed by atoms with Crippen LogP contribution in [-0.2, 0) is 19.2 Å². The Morgan fingerprint density at radius 1 is 1.13 bits per heavy atom. The van der Waals surface area contributed by atoms with E-state index in [1.807, 2.05) is 44.2 Å². The fourth-order valence-corrected chi connectivity index (χ4v) is 5.73. The highest BCUT2D eigenvalue weighted by atomic mass is 32.1. The zero-order valence-electron chi connectivity index (χ0n) is 22.9. The number of amides is 3. The molecule has 1 saturated heterocycles. The van der Waals surface area contributed by atoms with Gasteiger partial charge in [0.15, 0.2) is 5.78 Å². The third kappa shape index (κ3) is 8.21. The number of ketones is 2. The second-order valence-corrected chi connectivity index (χ2v) is 12.7. The standard InChI is InChI=1S/C29H39N3O5S/c1-17(2)13-20(15-22(33)24-16-18-9-6-7-11-23(18)38-24)27(36)31-21(14-19-10-8-12-30-26(19)35)25(34)28(37)32-29(3,4)5/h6-7,9,11,16-17,19-21H,8,10,12-15H2,1-5H3,(H,30,35)(H,31,36)(H,32,37)/t19-,20+,21-/m0/s1. The van der Waals surface area contributed by atoms with E-state index < -0.39 is 41.0 Å². The number of hydrogen-bond donors (Lipinski definition) is 3. The van der Waals surface area contributed by atoms with Crippen molar-refractivity contribution >= 4 is 50.7 Å². The van der Waals surface area contributed by atoms with Gasteiger partial charge in [-0.3, -0.25) is 24.0 Å². The summed E-state index contributed by atoms with van der Waals surface area (Å²) in [5.41, 5.74) is -0.639. The van der Waals surface area contributed by atoms with Crippen LogP contribution >= 0.6 is 11.3 Å².